The quantitative estimate of drug-likeness (QED) is 0.362. The lowest BCUT2D eigenvalue weighted by atomic mass is 10.0. The number of halogens is 2. The van der Waals surface area contributed by atoms with Crippen LogP contribution in [0.2, 0.25) is 5.15 Å². The standard InChI is InChI=1S/C24H23ClFNO5/c1-5-30-24(29)16-10-15(16)21-12(3)20(28)17-9-11(2)8-14(22(17)32-21)13(4)31-18-6-7-19(25)27-23(18)26/h6-9,13,15-16H,5,10H2,1-4H3/t13-,15?,16?/m1/s1. The van der Waals surface area contributed by atoms with E-state index in [0.29, 0.717) is 40.9 Å². The van der Waals surface area contributed by atoms with Gasteiger partial charge in [0, 0.05) is 17.0 Å². The lowest BCUT2D eigenvalue weighted by molar-refractivity contribution is -0.144. The highest BCUT2D eigenvalue weighted by molar-refractivity contribution is 6.29. The fourth-order valence-corrected chi connectivity index (χ4v) is 4.11. The number of carbonyl (C=O) groups excluding carboxylic acids is 1. The summed E-state index contributed by atoms with van der Waals surface area (Å²) in [5.74, 6) is -1.20. The smallest absolute Gasteiger partial charge is 0.309 e. The number of hydrogen-bond acceptors (Lipinski definition) is 6. The predicted octanol–water partition coefficient (Wildman–Crippen LogP) is 5.40. The normalized spacial score (nSPS) is 18.4. The number of aryl methyl sites for hydroxylation is 1. The van der Waals surface area contributed by atoms with Gasteiger partial charge in [-0.1, -0.05) is 11.6 Å². The van der Waals surface area contributed by atoms with Gasteiger partial charge in [-0.2, -0.15) is 4.39 Å². The molecule has 0 amide bonds. The van der Waals surface area contributed by atoms with E-state index in [2.05, 4.69) is 4.98 Å². The van der Waals surface area contributed by atoms with E-state index < -0.39 is 12.1 Å². The van der Waals surface area contributed by atoms with Crippen LogP contribution in [0.1, 0.15) is 54.7 Å². The van der Waals surface area contributed by atoms with Crippen molar-refractivity contribution in [2.45, 2.75) is 46.1 Å². The number of nitrogens with zero attached hydrogens (tertiary/aromatic N) is 1. The van der Waals surface area contributed by atoms with Crippen molar-refractivity contribution in [3.63, 3.8) is 0 Å². The molecular formula is C24H23ClFNO5. The van der Waals surface area contributed by atoms with Gasteiger partial charge in [-0.15, -0.1) is 0 Å². The summed E-state index contributed by atoms with van der Waals surface area (Å²) in [5.41, 5.74) is 2.12. The van der Waals surface area contributed by atoms with Gasteiger partial charge in [-0.3, -0.25) is 9.59 Å². The average Bonchev–Trinajstić information content (AvgIpc) is 3.53. The Morgan fingerprint density at radius 2 is 2.09 bits per heavy atom. The van der Waals surface area contributed by atoms with Gasteiger partial charge in [0.15, 0.2) is 11.2 Å². The summed E-state index contributed by atoms with van der Waals surface area (Å²) in [6, 6.07) is 6.44. The summed E-state index contributed by atoms with van der Waals surface area (Å²) in [4.78, 5) is 28.8. The van der Waals surface area contributed by atoms with Crippen molar-refractivity contribution in [1.29, 1.82) is 0 Å². The molecule has 2 aromatic heterocycles. The SMILES string of the molecule is CCOC(=O)C1CC1c1oc2c([C@@H](C)Oc3ccc(Cl)nc3F)cc(C)cc2c(=O)c1C. The van der Waals surface area contributed by atoms with E-state index in [1.165, 1.54) is 12.1 Å². The minimum absolute atomic E-state index is 0.0233. The van der Waals surface area contributed by atoms with Crippen molar-refractivity contribution in [3.05, 3.63) is 68.0 Å². The number of fused-ring (bicyclic) bond motifs is 1. The predicted molar refractivity (Wildman–Crippen MR) is 118 cm³/mol. The molecule has 168 valence electrons. The number of rotatable bonds is 6. The zero-order valence-corrected chi connectivity index (χ0v) is 19.0. The van der Waals surface area contributed by atoms with Crippen LogP contribution in [0.4, 0.5) is 4.39 Å². The first-order chi connectivity index (χ1) is 15.2. The van der Waals surface area contributed by atoms with E-state index in [0.717, 1.165) is 5.56 Å². The fourth-order valence-electron chi connectivity index (χ4n) is 3.98. The molecule has 6 nitrogen and oxygen atoms in total. The number of aromatic nitrogens is 1. The topological polar surface area (TPSA) is 78.6 Å². The zero-order valence-electron chi connectivity index (χ0n) is 18.2. The number of hydrogen-bond donors (Lipinski definition) is 0. The van der Waals surface area contributed by atoms with Crippen LogP contribution < -0.4 is 10.2 Å². The molecule has 1 aliphatic rings. The van der Waals surface area contributed by atoms with E-state index in [4.69, 9.17) is 25.5 Å². The first-order valence-electron chi connectivity index (χ1n) is 10.4. The molecule has 2 heterocycles. The largest absolute Gasteiger partial charge is 0.481 e. The molecule has 4 rings (SSSR count). The molecule has 1 aromatic carbocycles. The lowest BCUT2D eigenvalue weighted by Gasteiger charge is -2.18. The molecule has 1 aliphatic carbocycles. The van der Waals surface area contributed by atoms with E-state index >= 15 is 0 Å². The summed E-state index contributed by atoms with van der Waals surface area (Å²) in [7, 11) is 0. The molecule has 0 radical (unpaired) electrons. The van der Waals surface area contributed by atoms with Crippen LogP contribution in [0, 0.1) is 25.7 Å². The number of carbonyl (C=O) groups is 1. The molecule has 0 bridgehead atoms. The third kappa shape index (κ3) is 4.09. The second kappa shape index (κ2) is 8.54. The first-order valence-corrected chi connectivity index (χ1v) is 10.8. The maximum atomic E-state index is 14.2. The van der Waals surface area contributed by atoms with Gasteiger partial charge in [-0.25, -0.2) is 4.98 Å². The molecule has 8 heteroatoms. The summed E-state index contributed by atoms with van der Waals surface area (Å²) in [6.45, 7) is 7.36. The van der Waals surface area contributed by atoms with E-state index in [9.17, 15) is 14.0 Å². The minimum atomic E-state index is -0.824. The Morgan fingerprint density at radius 3 is 2.78 bits per heavy atom. The molecule has 0 spiro atoms. The Hall–Kier alpha value is -2.93. The van der Waals surface area contributed by atoms with Gasteiger partial charge in [0.1, 0.15) is 22.6 Å². The fraction of sp³-hybridized carbons (Fsp3) is 0.375. The van der Waals surface area contributed by atoms with Gasteiger partial charge in [-0.05, 0) is 63.9 Å². The maximum absolute atomic E-state index is 14.2. The Balaban J connectivity index is 1.77. The van der Waals surface area contributed by atoms with Crippen molar-refractivity contribution in [1.82, 2.24) is 4.98 Å². The number of esters is 1. The van der Waals surface area contributed by atoms with Gasteiger partial charge in [0.05, 0.1) is 17.9 Å². The second-order valence-electron chi connectivity index (χ2n) is 8.04. The average molecular weight is 460 g/mol. The Bertz CT molecular complexity index is 1270. The molecule has 32 heavy (non-hydrogen) atoms. The lowest BCUT2D eigenvalue weighted by Crippen LogP contribution is -2.14. The van der Waals surface area contributed by atoms with Crippen LogP contribution in [-0.4, -0.2) is 17.6 Å². The molecule has 0 N–H and O–H groups in total. The highest BCUT2D eigenvalue weighted by Gasteiger charge is 2.48. The van der Waals surface area contributed by atoms with Crippen molar-refractivity contribution >= 4 is 28.5 Å². The molecule has 0 saturated heterocycles. The van der Waals surface area contributed by atoms with E-state index in [1.54, 1.807) is 26.8 Å². The summed E-state index contributed by atoms with van der Waals surface area (Å²) < 4.78 is 31.3. The zero-order chi connectivity index (χ0) is 23.2. The van der Waals surface area contributed by atoms with Gasteiger partial charge < -0.3 is 13.9 Å². The van der Waals surface area contributed by atoms with Crippen LogP contribution in [-0.2, 0) is 9.53 Å². The van der Waals surface area contributed by atoms with Crippen molar-refractivity contribution in [2.24, 2.45) is 5.92 Å². The third-order valence-electron chi connectivity index (χ3n) is 5.67. The Morgan fingerprint density at radius 1 is 1.34 bits per heavy atom. The van der Waals surface area contributed by atoms with Crippen LogP contribution in [0.15, 0.2) is 33.5 Å². The Labute approximate surface area is 189 Å². The van der Waals surface area contributed by atoms with Crippen LogP contribution in [0.25, 0.3) is 11.0 Å². The minimum Gasteiger partial charge on any atom is -0.481 e. The molecule has 0 aliphatic heterocycles. The Kier molecular flexibility index (Phi) is 5.95. The second-order valence-corrected chi connectivity index (χ2v) is 8.42. The van der Waals surface area contributed by atoms with Gasteiger partial charge >= 0.3 is 5.97 Å². The number of benzene rings is 1. The van der Waals surface area contributed by atoms with Crippen molar-refractivity contribution in [3.8, 4) is 5.75 Å². The molecule has 2 unspecified atom stereocenters. The van der Waals surface area contributed by atoms with E-state index in [1.807, 2.05) is 13.0 Å². The molecule has 3 atom stereocenters. The van der Waals surface area contributed by atoms with Crippen LogP contribution in [0.3, 0.4) is 0 Å². The van der Waals surface area contributed by atoms with E-state index in [-0.39, 0.29) is 34.1 Å². The highest BCUT2D eigenvalue weighted by atomic mass is 35.5. The highest BCUT2D eigenvalue weighted by Crippen LogP contribution is 2.49. The summed E-state index contributed by atoms with van der Waals surface area (Å²) in [5, 5.41) is 0.440. The summed E-state index contributed by atoms with van der Waals surface area (Å²) in [6.07, 6.45) is -0.0723. The molecule has 1 saturated carbocycles. The monoisotopic (exact) mass is 459 g/mol. The summed E-state index contributed by atoms with van der Waals surface area (Å²) >= 11 is 5.72. The third-order valence-corrected chi connectivity index (χ3v) is 5.88. The first kappa shape index (κ1) is 22.3. The van der Waals surface area contributed by atoms with Gasteiger partial charge in [0.2, 0.25) is 0 Å². The van der Waals surface area contributed by atoms with Crippen LogP contribution >= 0.6 is 11.6 Å². The molecule has 3 aromatic rings. The van der Waals surface area contributed by atoms with Crippen molar-refractivity contribution in [2.75, 3.05) is 6.61 Å². The van der Waals surface area contributed by atoms with Crippen molar-refractivity contribution < 1.29 is 23.1 Å². The number of ether oxygens (including phenoxy) is 2. The number of pyridine rings is 1. The molecule has 1 fully saturated rings. The van der Waals surface area contributed by atoms with Gasteiger partial charge in [0.25, 0.3) is 5.95 Å². The maximum Gasteiger partial charge on any atom is 0.309 e. The molecular weight excluding hydrogens is 437 g/mol. The van der Waals surface area contributed by atoms with Crippen LogP contribution in [0.5, 0.6) is 5.75 Å².